The van der Waals surface area contributed by atoms with E-state index in [9.17, 15) is 22.8 Å². The number of H-pyrrole nitrogens is 1. The number of carbonyl (C=O) groups excluding carboxylic acids is 2. The Morgan fingerprint density at radius 1 is 1.31 bits per heavy atom. The molecule has 15 heteroatoms. The van der Waals surface area contributed by atoms with Crippen molar-refractivity contribution >= 4 is 39.5 Å². The number of hydrazone groups is 1. The normalized spacial score (nSPS) is 17.9. The Bertz CT molecular complexity index is 1060. The van der Waals surface area contributed by atoms with Gasteiger partial charge in [-0.15, -0.1) is 5.10 Å². The van der Waals surface area contributed by atoms with Crippen molar-refractivity contribution in [2.75, 3.05) is 11.4 Å². The number of hydrogen-bond acceptors (Lipinski definition) is 9. The summed E-state index contributed by atoms with van der Waals surface area (Å²) in [7, 11) is 0. The van der Waals surface area contributed by atoms with Crippen molar-refractivity contribution in [3.63, 3.8) is 0 Å². The van der Waals surface area contributed by atoms with Crippen molar-refractivity contribution in [2.24, 2.45) is 5.10 Å². The minimum absolute atomic E-state index is 0.102. The fourth-order valence-electron chi connectivity index (χ4n) is 3.33. The molecule has 2 aliphatic heterocycles. The summed E-state index contributed by atoms with van der Waals surface area (Å²) in [5, 5.41) is 4.44. The first kappa shape index (κ1) is 22.0. The number of nitrogens with one attached hydrogen (secondary N) is 1. The number of fused-ring (bicyclic) bond motifs is 2. The van der Waals surface area contributed by atoms with E-state index in [4.69, 9.17) is 0 Å². The molecule has 0 fully saturated rings. The average molecular weight is 517 g/mol. The van der Waals surface area contributed by atoms with Crippen LogP contribution in [0.4, 0.5) is 19.0 Å². The zero-order chi connectivity index (χ0) is 23.0. The van der Waals surface area contributed by atoms with Gasteiger partial charge in [0, 0.05) is 18.9 Å². The number of amidine groups is 1. The summed E-state index contributed by atoms with van der Waals surface area (Å²) in [5.74, 6) is -3.04. The van der Waals surface area contributed by atoms with Gasteiger partial charge in [-0.05, 0) is 22.4 Å². The predicted octanol–water partition coefficient (Wildman–Crippen LogP) is 2.40. The quantitative estimate of drug-likeness (QED) is 0.581. The van der Waals surface area contributed by atoms with Crippen molar-refractivity contribution < 1.29 is 27.6 Å². The lowest BCUT2D eigenvalue weighted by Gasteiger charge is -2.40. The second kappa shape index (κ2) is 8.37. The first-order valence-electron chi connectivity index (χ1n) is 9.51. The van der Waals surface area contributed by atoms with Crippen molar-refractivity contribution in [3.05, 3.63) is 34.7 Å². The molecule has 1 unspecified atom stereocenters. The third-order valence-corrected chi connectivity index (χ3v) is 5.07. The van der Waals surface area contributed by atoms with Gasteiger partial charge in [0.1, 0.15) is 11.4 Å². The largest absolute Gasteiger partial charge is 0.493 e. The van der Waals surface area contributed by atoms with Crippen LogP contribution in [-0.4, -0.2) is 66.7 Å². The summed E-state index contributed by atoms with van der Waals surface area (Å²) in [5.41, 5.74) is 0.206. The standard InChI is InChI=1S/C17H16BrF3N8O3/c1-2-3-4-7-27-12-10(24-15(18)25-12)13(30)28-11(9-8-22-5-6-23-9)26-29(16(27)28)32-14(31)17(19,20)21/h5-6,8,16H,2-4,7H2,1H3,(H,24,25). The number of hydrogen-bond donors (Lipinski definition) is 1. The van der Waals surface area contributed by atoms with Gasteiger partial charge >= 0.3 is 12.1 Å². The SMILES string of the molecule is CCCCCN1c2nc(Br)[nH]c2C(=O)N2C(c3cnccn3)=NN(OC(=O)C(F)(F)F)C21. The van der Waals surface area contributed by atoms with Crippen molar-refractivity contribution in [3.8, 4) is 0 Å². The van der Waals surface area contributed by atoms with E-state index < -0.39 is 24.3 Å². The highest BCUT2D eigenvalue weighted by Gasteiger charge is 2.53. The monoisotopic (exact) mass is 516 g/mol. The van der Waals surface area contributed by atoms with Gasteiger partial charge in [0.05, 0.1) is 6.20 Å². The maximum absolute atomic E-state index is 13.3. The van der Waals surface area contributed by atoms with E-state index in [1.54, 1.807) is 4.90 Å². The van der Waals surface area contributed by atoms with Crippen molar-refractivity contribution in [1.82, 2.24) is 30.0 Å². The van der Waals surface area contributed by atoms with E-state index in [-0.39, 0.29) is 27.8 Å². The second-order valence-corrected chi connectivity index (χ2v) is 7.59. The lowest BCUT2D eigenvalue weighted by Crippen LogP contribution is -2.60. The number of anilines is 1. The molecule has 0 bridgehead atoms. The molecule has 2 aromatic rings. The van der Waals surface area contributed by atoms with E-state index in [2.05, 4.69) is 45.8 Å². The number of aromatic amines is 1. The van der Waals surface area contributed by atoms with Gasteiger partial charge in [0.25, 0.3) is 5.91 Å². The van der Waals surface area contributed by atoms with E-state index in [1.807, 2.05) is 6.92 Å². The summed E-state index contributed by atoms with van der Waals surface area (Å²) in [6.07, 6.45) is -0.240. The maximum Gasteiger partial charge on any atom is 0.493 e. The Labute approximate surface area is 187 Å². The van der Waals surface area contributed by atoms with Crippen LogP contribution in [0.2, 0.25) is 0 Å². The molecule has 2 aliphatic rings. The molecule has 2 aromatic heterocycles. The highest BCUT2D eigenvalue weighted by atomic mass is 79.9. The molecule has 32 heavy (non-hydrogen) atoms. The molecule has 0 aliphatic carbocycles. The summed E-state index contributed by atoms with van der Waals surface area (Å²) < 4.78 is 39.0. The number of nitrogens with zero attached hydrogens (tertiary/aromatic N) is 7. The lowest BCUT2D eigenvalue weighted by molar-refractivity contribution is -0.249. The Morgan fingerprint density at radius 3 is 2.75 bits per heavy atom. The second-order valence-electron chi connectivity index (χ2n) is 6.84. The molecule has 1 N–H and O–H groups in total. The topological polar surface area (TPSA) is 120 Å². The summed E-state index contributed by atoms with van der Waals surface area (Å²) in [6, 6.07) is 0. The Balaban J connectivity index is 1.80. The third-order valence-electron chi connectivity index (χ3n) is 4.69. The van der Waals surface area contributed by atoms with Gasteiger partial charge in [-0.2, -0.15) is 13.2 Å². The van der Waals surface area contributed by atoms with Crippen LogP contribution in [0.15, 0.2) is 28.4 Å². The molecule has 170 valence electrons. The molecule has 11 nitrogen and oxygen atoms in total. The van der Waals surface area contributed by atoms with Crippen LogP contribution in [-0.2, 0) is 9.63 Å². The zero-order valence-electron chi connectivity index (χ0n) is 16.5. The molecule has 1 amide bonds. The Kier molecular flexibility index (Phi) is 5.75. The van der Waals surface area contributed by atoms with Gasteiger partial charge in [-0.3, -0.25) is 9.78 Å². The number of hydroxylamine groups is 1. The number of rotatable bonds is 6. The lowest BCUT2D eigenvalue weighted by atomic mass is 10.2. The van der Waals surface area contributed by atoms with Crippen LogP contribution in [0.1, 0.15) is 42.4 Å². The fraction of sp³-hybridized carbons (Fsp3) is 0.412. The van der Waals surface area contributed by atoms with Gasteiger partial charge in [0.15, 0.2) is 16.4 Å². The maximum atomic E-state index is 13.3. The minimum atomic E-state index is -5.26. The Morgan fingerprint density at radius 2 is 2.09 bits per heavy atom. The summed E-state index contributed by atoms with van der Waals surface area (Å²) in [6.45, 7) is 2.29. The van der Waals surface area contributed by atoms with E-state index in [0.29, 0.717) is 18.1 Å². The molecule has 4 rings (SSSR count). The van der Waals surface area contributed by atoms with E-state index >= 15 is 0 Å². The van der Waals surface area contributed by atoms with E-state index in [0.717, 1.165) is 17.7 Å². The van der Waals surface area contributed by atoms with Gasteiger partial charge in [-0.25, -0.2) is 19.7 Å². The van der Waals surface area contributed by atoms with Crippen LogP contribution in [0.5, 0.6) is 0 Å². The first-order chi connectivity index (χ1) is 15.2. The molecule has 0 spiro atoms. The first-order valence-corrected chi connectivity index (χ1v) is 10.3. The zero-order valence-corrected chi connectivity index (χ0v) is 18.1. The number of alkyl halides is 3. The van der Waals surface area contributed by atoms with Crippen LogP contribution in [0.25, 0.3) is 0 Å². The van der Waals surface area contributed by atoms with Crippen molar-refractivity contribution in [1.29, 1.82) is 0 Å². The molecule has 1 atom stereocenters. The number of imidazole rings is 1. The van der Waals surface area contributed by atoms with Crippen LogP contribution >= 0.6 is 15.9 Å². The van der Waals surface area contributed by atoms with Crippen LogP contribution in [0, 0.1) is 0 Å². The van der Waals surface area contributed by atoms with E-state index in [1.165, 1.54) is 18.6 Å². The fourth-order valence-corrected chi connectivity index (χ4v) is 3.70. The summed E-state index contributed by atoms with van der Waals surface area (Å²) >= 11 is 3.19. The van der Waals surface area contributed by atoms with Gasteiger partial charge in [0.2, 0.25) is 6.29 Å². The number of aromatic nitrogens is 4. The van der Waals surface area contributed by atoms with Crippen LogP contribution < -0.4 is 4.90 Å². The number of carbonyl (C=O) groups is 2. The molecular formula is C17H16BrF3N8O3. The smallest absolute Gasteiger partial charge is 0.327 e. The highest BCUT2D eigenvalue weighted by Crippen LogP contribution is 2.37. The molecular weight excluding hydrogens is 501 g/mol. The molecule has 0 aromatic carbocycles. The Hall–Kier alpha value is -3.23. The van der Waals surface area contributed by atoms with Crippen LogP contribution in [0.3, 0.4) is 0 Å². The molecule has 0 saturated carbocycles. The molecule has 4 heterocycles. The number of halogens is 4. The van der Waals surface area contributed by atoms with Crippen molar-refractivity contribution in [2.45, 2.75) is 38.7 Å². The predicted molar refractivity (Wildman–Crippen MR) is 106 cm³/mol. The number of amides is 1. The summed E-state index contributed by atoms with van der Waals surface area (Å²) in [4.78, 5) is 47.1. The number of unbranched alkanes of at least 4 members (excludes halogenated alkanes) is 2. The average Bonchev–Trinajstić information content (AvgIpc) is 3.32. The molecule has 0 saturated heterocycles. The third kappa shape index (κ3) is 3.87. The minimum Gasteiger partial charge on any atom is -0.327 e. The van der Waals surface area contributed by atoms with Gasteiger partial charge in [-0.1, -0.05) is 24.9 Å². The molecule has 0 radical (unpaired) electrons. The highest BCUT2D eigenvalue weighted by molar-refractivity contribution is 9.10. The van der Waals surface area contributed by atoms with Gasteiger partial charge < -0.3 is 14.7 Å².